The molecule has 0 aliphatic rings. The Bertz CT molecular complexity index is 662. The van der Waals surface area contributed by atoms with E-state index in [0.29, 0.717) is 23.2 Å². The van der Waals surface area contributed by atoms with Crippen molar-refractivity contribution in [2.24, 2.45) is 0 Å². The molecule has 1 amide bonds. The van der Waals surface area contributed by atoms with Crippen LogP contribution in [0, 0.1) is 5.82 Å². The first kappa shape index (κ1) is 17.6. The van der Waals surface area contributed by atoms with Gasteiger partial charge in [0, 0.05) is 16.6 Å². The van der Waals surface area contributed by atoms with Crippen LogP contribution in [0.15, 0.2) is 42.5 Å². The van der Waals surface area contributed by atoms with E-state index in [-0.39, 0.29) is 5.56 Å². The summed E-state index contributed by atoms with van der Waals surface area (Å²) in [6.07, 6.45) is 1.49. The van der Waals surface area contributed by atoms with E-state index in [2.05, 4.69) is 5.32 Å². The van der Waals surface area contributed by atoms with Crippen molar-refractivity contribution in [3.63, 3.8) is 0 Å². The highest BCUT2D eigenvalue weighted by molar-refractivity contribution is 6.31. The summed E-state index contributed by atoms with van der Waals surface area (Å²) in [5.41, 5.74) is -0.0464. The van der Waals surface area contributed by atoms with Gasteiger partial charge in [0.1, 0.15) is 11.6 Å². The van der Waals surface area contributed by atoms with Crippen LogP contribution < -0.4 is 10.1 Å². The minimum Gasteiger partial charge on any atom is -0.494 e. The Morgan fingerprint density at radius 2 is 1.74 bits per heavy atom. The third kappa shape index (κ3) is 5.73. The van der Waals surface area contributed by atoms with E-state index in [0.717, 1.165) is 18.6 Å². The second-order valence-electron chi connectivity index (χ2n) is 4.89. The zero-order valence-electron chi connectivity index (χ0n) is 12.3. The number of rotatable bonds is 7. The fourth-order valence-corrected chi connectivity index (χ4v) is 2.21. The number of benzene rings is 2. The van der Waals surface area contributed by atoms with E-state index >= 15 is 0 Å². The number of carbonyl (C=O) groups is 1. The summed E-state index contributed by atoms with van der Waals surface area (Å²) in [7, 11) is 0. The zero-order chi connectivity index (χ0) is 16.7. The number of unbranched alkanes of at least 4 members (excludes halogenated alkanes) is 1. The number of hydrogen-bond donors (Lipinski definition) is 1. The summed E-state index contributed by atoms with van der Waals surface area (Å²) in [6.45, 7) is 0.970. The Balaban J connectivity index is 1.66. The second kappa shape index (κ2) is 8.75. The first-order valence-corrected chi connectivity index (χ1v) is 7.93. The Morgan fingerprint density at radius 1 is 1.04 bits per heavy atom. The van der Waals surface area contributed by atoms with Gasteiger partial charge in [-0.3, -0.25) is 4.79 Å². The lowest BCUT2D eigenvalue weighted by Gasteiger charge is -2.08. The molecule has 0 unspecified atom stereocenters. The molecule has 0 heterocycles. The van der Waals surface area contributed by atoms with Crippen LogP contribution in [0.1, 0.15) is 23.2 Å². The van der Waals surface area contributed by atoms with Crippen molar-refractivity contribution in [2.45, 2.75) is 12.8 Å². The van der Waals surface area contributed by atoms with Crippen molar-refractivity contribution in [3.8, 4) is 5.75 Å². The molecule has 0 aliphatic carbocycles. The molecule has 1 N–H and O–H groups in total. The van der Waals surface area contributed by atoms with E-state index in [1.54, 1.807) is 24.3 Å². The fraction of sp³-hybridized carbons (Fsp3) is 0.235. The largest absolute Gasteiger partial charge is 0.494 e. The number of halogens is 3. The van der Waals surface area contributed by atoms with Crippen LogP contribution in [-0.4, -0.2) is 19.1 Å². The first-order chi connectivity index (χ1) is 11.1. The van der Waals surface area contributed by atoms with Gasteiger partial charge in [0.25, 0.3) is 5.91 Å². The summed E-state index contributed by atoms with van der Waals surface area (Å²) in [5, 5.41) is 3.65. The molecule has 6 heteroatoms. The molecule has 2 aromatic rings. The molecule has 0 fully saturated rings. The average Bonchev–Trinajstić information content (AvgIpc) is 2.54. The number of amides is 1. The zero-order valence-corrected chi connectivity index (χ0v) is 13.8. The lowest BCUT2D eigenvalue weighted by Crippen LogP contribution is -2.25. The van der Waals surface area contributed by atoms with E-state index in [4.69, 9.17) is 27.9 Å². The van der Waals surface area contributed by atoms with Gasteiger partial charge in [-0.1, -0.05) is 23.2 Å². The molecule has 0 aromatic heterocycles. The Hall–Kier alpha value is -1.78. The maximum absolute atomic E-state index is 13.5. The third-order valence-electron chi connectivity index (χ3n) is 3.11. The maximum atomic E-state index is 13.5. The highest BCUT2D eigenvalue weighted by Gasteiger charge is 2.11. The van der Waals surface area contributed by atoms with Crippen LogP contribution in [-0.2, 0) is 0 Å². The quantitative estimate of drug-likeness (QED) is 0.729. The normalized spacial score (nSPS) is 10.4. The Labute approximate surface area is 144 Å². The molecular formula is C17H16Cl2FNO2. The Kier molecular flexibility index (Phi) is 6.68. The lowest BCUT2D eigenvalue weighted by molar-refractivity contribution is 0.0948. The monoisotopic (exact) mass is 355 g/mol. The summed E-state index contributed by atoms with van der Waals surface area (Å²) < 4.78 is 19.1. The van der Waals surface area contributed by atoms with Crippen LogP contribution in [0.25, 0.3) is 0 Å². The van der Waals surface area contributed by atoms with Crippen molar-refractivity contribution < 1.29 is 13.9 Å². The third-order valence-corrected chi connectivity index (χ3v) is 3.60. The van der Waals surface area contributed by atoms with Gasteiger partial charge in [0.15, 0.2) is 0 Å². The number of hydrogen-bond acceptors (Lipinski definition) is 2. The Morgan fingerprint density at radius 3 is 2.48 bits per heavy atom. The van der Waals surface area contributed by atoms with E-state index in [1.807, 2.05) is 0 Å². The molecule has 0 spiro atoms. The van der Waals surface area contributed by atoms with Crippen molar-refractivity contribution in [3.05, 3.63) is 63.9 Å². The average molecular weight is 356 g/mol. The first-order valence-electron chi connectivity index (χ1n) is 7.18. The molecule has 23 heavy (non-hydrogen) atoms. The molecule has 0 saturated carbocycles. The predicted octanol–water partition coefficient (Wildman–Crippen LogP) is 4.72. The van der Waals surface area contributed by atoms with Crippen molar-refractivity contribution in [1.29, 1.82) is 0 Å². The van der Waals surface area contributed by atoms with Gasteiger partial charge in [-0.25, -0.2) is 4.39 Å². The summed E-state index contributed by atoms with van der Waals surface area (Å²) in [6, 6.07) is 11.0. The smallest absolute Gasteiger partial charge is 0.254 e. The van der Waals surface area contributed by atoms with Crippen molar-refractivity contribution in [2.75, 3.05) is 13.2 Å². The van der Waals surface area contributed by atoms with Gasteiger partial charge >= 0.3 is 0 Å². The van der Waals surface area contributed by atoms with Gasteiger partial charge in [-0.2, -0.15) is 0 Å². The topological polar surface area (TPSA) is 38.3 Å². The molecule has 0 atom stereocenters. The van der Waals surface area contributed by atoms with Crippen molar-refractivity contribution >= 4 is 29.1 Å². The number of ether oxygens (including phenoxy) is 1. The minimum absolute atomic E-state index is 0.0464. The van der Waals surface area contributed by atoms with Crippen LogP contribution in [0.5, 0.6) is 5.75 Å². The fourth-order valence-electron chi connectivity index (χ4n) is 1.92. The van der Waals surface area contributed by atoms with Crippen LogP contribution in [0.4, 0.5) is 4.39 Å². The van der Waals surface area contributed by atoms with Gasteiger partial charge in [-0.15, -0.1) is 0 Å². The molecule has 0 radical (unpaired) electrons. The van der Waals surface area contributed by atoms with Gasteiger partial charge in [0.2, 0.25) is 0 Å². The maximum Gasteiger partial charge on any atom is 0.254 e. The molecule has 2 rings (SSSR count). The van der Waals surface area contributed by atoms with Crippen LogP contribution >= 0.6 is 23.2 Å². The number of nitrogens with one attached hydrogen (secondary N) is 1. The van der Waals surface area contributed by atoms with Crippen LogP contribution in [0.3, 0.4) is 0 Å². The summed E-state index contributed by atoms with van der Waals surface area (Å²) in [4.78, 5) is 11.9. The molecular weight excluding hydrogens is 340 g/mol. The van der Waals surface area contributed by atoms with E-state index in [1.165, 1.54) is 18.2 Å². The van der Waals surface area contributed by atoms with Crippen molar-refractivity contribution in [1.82, 2.24) is 5.32 Å². The SMILES string of the molecule is O=C(NCCCCOc1ccc(Cl)cc1)c1cc(Cl)ccc1F. The highest BCUT2D eigenvalue weighted by atomic mass is 35.5. The minimum atomic E-state index is -0.585. The highest BCUT2D eigenvalue weighted by Crippen LogP contribution is 2.16. The lowest BCUT2D eigenvalue weighted by atomic mass is 10.2. The predicted molar refractivity (Wildman–Crippen MR) is 89.9 cm³/mol. The standard InChI is InChI=1S/C17H16Cl2FNO2/c18-12-3-6-14(7-4-12)23-10-2-1-9-21-17(22)15-11-13(19)5-8-16(15)20/h3-8,11H,1-2,9-10H2,(H,21,22). The van der Waals surface area contributed by atoms with Gasteiger partial charge in [0.05, 0.1) is 12.2 Å². The number of carbonyl (C=O) groups excluding carboxylic acids is 1. The molecule has 3 nitrogen and oxygen atoms in total. The molecule has 122 valence electrons. The molecule has 0 aliphatic heterocycles. The molecule has 2 aromatic carbocycles. The summed E-state index contributed by atoms with van der Waals surface area (Å²) in [5.74, 6) is -0.305. The summed E-state index contributed by atoms with van der Waals surface area (Å²) >= 11 is 11.5. The molecule has 0 bridgehead atoms. The van der Waals surface area contributed by atoms with Gasteiger partial charge < -0.3 is 10.1 Å². The second-order valence-corrected chi connectivity index (χ2v) is 5.76. The van der Waals surface area contributed by atoms with E-state index in [9.17, 15) is 9.18 Å². The van der Waals surface area contributed by atoms with Gasteiger partial charge in [-0.05, 0) is 55.3 Å². The molecule has 0 saturated heterocycles. The van der Waals surface area contributed by atoms with E-state index < -0.39 is 11.7 Å². The van der Waals surface area contributed by atoms with Crippen LogP contribution in [0.2, 0.25) is 10.0 Å².